The minimum Gasteiger partial charge on any atom is -0.394 e. The third-order valence-corrected chi connectivity index (χ3v) is 3.93. The normalized spacial score (nSPS) is 12.0. The molecule has 1 atom stereocenters. The zero-order valence-corrected chi connectivity index (χ0v) is 14.2. The lowest BCUT2D eigenvalue weighted by molar-refractivity contribution is 0.225. The Bertz CT molecular complexity index is 682. The van der Waals surface area contributed by atoms with Crippen molar-refractivity contribution in [2.45, 2.75) is 33.4 Å². The highest BCUT2D eigenvalue weighted by molar-refractivity contribution is 6.30. The molecule has 0 aliphatic rings. The molecule has 0 aliphatic heterocycles. The van der Waals surface area contributed by atoms with Gasteiger partial charge < -0.3 is 15.7 Å². The van der Waals surface area contributed by atoms with Crippen molar-refractivity contribution >= 4 is 23.3 Å². The highest BCUT2D eigenvalue weighted by atomic mass is 35.5. The Morgan fingerprint density at radius 2 is 2.00 bits per heavy atom. The van der Waals surface area contributed by atoms with Crippen molar-refractivity contribution in [1.29, 1.82) is 0 Å². The zero-order valence-electron chi connectivity index (χ0n) is 13.4. The standard InChI is InChI=1S/C16H21ClN4O2/c1-4-21-11(3)15(10(2)20-21)19-16(23)18-14(9-22)12-5-7-13(17)8-6-12/h5-8,14,22H,4,9H2,1-3H3,(H2,18,19,23). The van der Waals surface area contributed by atoms with Crippen LogP contribution < -0.4 is 10.6 Å². The summed E-state index contributed by atoms with van der Waals surface area (Å²) < 4.78 is 1.83. The van der Waals surface area contributed by atoms with Gasteiger partial charge in [-0.05, 0) is 38.5 Å². The summed E-state index contributed by atoms with van der Waals surface area (Å²) >= 11 is 5.85. The van der Waals surface area contributed by atoms with Crippen LogP contribution in [0.1, 0.15) is 29.9 Å². The van der Waals surface area contributed by atoms with Crippen LogP contribution in [0.15, 0.2) is 24.3 Å². The maximum Gasteiger partial charge on any atom is 0.319 e. The van der Waals surface area contributed by atoms with Crippen molar-refractivity contribution in [3.63, 3.8) is 0 Å². The predicted octanol–water partition coefficient (Wildman–Crippen LogP) is 3.03. The zero-order chi connectivity index (χ0) is 17.0. The Balaban J connectivity index is 2.09. The van der Waals surface area contributed by atoms with Crippen molar-refractivity contribution in [3.05, 3.63) is 46.2 Å². The topological polar surface area (TPSA) is 79.2 Å². The number of benzene rings is 1. The van der Waals surface area contributed by atoms with Gasteiger partial charge in [-0.25, -0.2) is 4.79 Å². The Morgan fingerprint density at radius 3 is 2.52 bits per heavy atom. The van der Waals surface area contributed by atoms with Crippen LogP contribution in [0, 0.1) is 13.8 Å². The maximum atomic E-state index is 12.2. The molecule has 124 valence electrons. The number of anilines is 1. The molecule has 0 radical (unpaired) electrons. The van der Waals surface area contributed by atoms with E-state index < -0.39 is 6.04 Å². The van der Waals surface area contributed by atoms with E-state index in [1.165, 1.54) is 0 Å². The Kier molecular flexibility index (Phi) is 5.63. The summed E-state index contributed by atoms with van der Waals surface area (Å²) in [6.07, 6.45) is 0. The fourth-order valence-corrected chi connectivity index (χ4v) is 2.55. The molecule has 3 N–H and O–H groups in total. The van der Waals surface area contributed by atoms with Gasteiger partial charge in [-0.2, -0.15) is 5.10 Å². The monoisotopic (exact) mass is 336 g/mol. The number of halogens is 1. The molecule has 0 fully saturated rings. The van der Waals surface area contributed by atoms with E-state index in [1.807, 2.05) is 25.5 Å². The second-order valence-electron chi connectivity index (χ2n) is 5.25. The summed E-state index contributed by atoms with van der Waals surface area (Å²) in [6.45, 7) is 6.27. The van der Waals surface area contributed by atoms with E-state index in [-0.39, 0.29) is 12.6 Å². The third-order valence-electron chi connectivity index (χ3n) is 3.68. The van der Waals surface area contributed by atoms with Gasteiger partial charge in [0, 0.05) is 11.6 Å². The SMILES string of the molecule is CCn1nc(C)c(NC(=O)NC(CO)c2ccc(Cl)cc2)c1C. The summed E-state index contributed by atoms with van der Waals surface area (Å²) in [5.41, 5.74) is 3.13. The first-order valence-electron chi connectivity index (χ1n) is 7.44. The van der Waals surface area contributed by atoms with Gasteiger partial charge in [0.1, 0.15) is 0 Å². The minimum atomic E-state index is -0.505. The summed E-state index contributed by atoms with van der Waals surface area (Å²) in [7, 11) is 0. The van der Waals surface area contributed by atoms with Gasteiger partial charge in [0.25, 0.3) is 0 Å². The van der Waals surface area contributed by atoms with Crippen molar-refractivity contribution in [1.82, 2.24) is 15.1 Å². The van der Waals surface area contributed by atoms with E-state index >= 15 is 0 Å². The van der Waals surface area contributed by atoms with Gasteiger partial charge in [0.05, 0.1) is 29.7 Å². The van der Waals surface area contributed by atoms with Crippen LogP contribution in [0.3, 0.4) is 0 Å². The van der Waals surface area contributed by atoms with Gasteiger partial charge in [-0.3, -0.25) is 4.68 Å². The molecule has 1 aromatic heterocycles. The first kappa shape index (κ1) is 17.3. The van der Waals surface area contributed by atoms with Gasteiger partial charge in [-0.1, -0.05) is 23.7 Å². The highest BCUT2D eigenvalue weighted by Crippen LogP contribution is 2.20. The van der Waals surface area contributed by atoms with Crippen LogP contribution >= 0.6 is 11.6 Å². The molecule has 23 heavy (non-hydrogen) atoms. The fourth-order valence-electron chi connectivity index (χ4n) is 2.42. The Morgan fingerprint density at radius 1 is 1.35 bits per heavy atom. The molecular formula is C16H21ClN4O2. The molecule has 0 saturated carbocycles. The Labute approximate surface area is 140 Å². The summed E-state index contributed by atoms with van der Waals surface area (Å²) in [6, 6.07) is 6.09. The predicted molar refractivity (Wildman–Crippen MR) is 90.8 cm³/mol. The van der Waals surface area contributed by atoms with Crippen molar-refractivity contribution in [2.75, 3.05) is 11.9 Å². The van der Waals surface area contributed by atoms with Gasteiger partial charge >= 0.3 is 6.03 Å². The fraction of sp³-hybridized carbons (Fsp3) is 0.375. The molecular weight excluding hydrogens is 316 g/mol. The van der Waals surface area contributed by atoms with Gasteiger partial charge in [0.15, 0.2) is 0 Å². The third kappa shape index (κ3) is 4.03. The molecule has 2 amide bonds. The number of nitrogens with one attached hydrogen (secondary N) is 2. The Hall–Kier alpha value is -2.05. The molecule has 0 spiro atoms. The van der Waals surface area contributed by atoms with Crippen molar-refractivity contribution < 1.29 is 9.90 Å². The average Bonchev–Trinajstić information content (AvgIpc) is 2.81. The largest absolute Gasteiger partial charge is 0.394 e. The number of aliphatic hydroxyl groups excluding tert-OH is 1. The first-order chi connectivity index (χ1) is 11.0. The summed E-state index contributed by atoms with van der Waals surface area (Å²) in [5, 5.41) is 20.0. The number of hydrogen-bond donors (Lipinski definition) is 3. The average molecular weight is 337 g/mol. The maximum absolute atomic E-state index is 12.2. The number of urea groups is 1. The number of carbonyl (C=O) groups is 1. The molecule has 2 aromatic rings. The molecule has 6 nitrogen and oxygen atoms in total. The number of nitrogens with zero attached hydrogens (tertiary/aromatic N) is 2. The number of hydrogen-bond acceptors (Lipinski definition) is 3. The van der Waals surface area contributed by atoms with Gasteiger partial charge in [-0.15, -0.1) is 0 Å². The van der Waals surface area contributed by atoms with E-state index in [2.05, 4.69) is 15.7 Å². The number of amides is 2. The van der Waals surface area contributed by atoms with E-state index in [9.17, 15) is 9.90 Å². The van der Waals surface area contributed by atoms with E-state index in [0.717, 1.165) is 23.5 Å². The lowest BCUT2D eigenvalue weighted by Crippen LogP contribution is -2.34. The quantitative estimate of drug-likeness (QED) is 0.785. The number of rotatable bonds is 5. The lowest BCUT2D eigenvalue weighted by atomic mass is 10.1. The van der Waals surface area contributed by atoms with Crippen LogP contribution in [0.25, 0.3) is 0 Å². The minimum absolute atomic E-state index is 0.207. The second kappa shape index (κ2) is 7.48. The van der Waals surface area contributed by atoms with E-state index in [4.69, 9.17) is 11.6 Å². The number of aliphatic hydroxyl groups is 1. The van der Waals surface area contributed by atoms with E-state index in [0.29, 0.717) is 10.7 Å². The molecule has 2 rings (SSSR count). The molecule has 1 unspecified atom stereocenters. The number of aryl methyl sites for hydroxylation is 2. The van der Waals surface area contributed by atoms with Crippen LogP contribution in [-0.2, 0) is 6.54 Å². The smallest absolute Gasteiger partial charge is 0.319 e. The molecule has 0 aliphatic carbocycles. The molecule has 0 bridgehead atoms. The van der Waals surface area contributed by atoms with Gasteiger partial charge in [0.2, 0.25) is 0 Å². The number of aromatic nitrogens is 2. The molecule has 0 saturated heterocycles. The van der Waals surface area contributed by atoms with Crippen molar-refractivity contribution in [3.8, 4) is 0 Å². The molecule has 1 aromatic carbocycles. The van der Waals surface area contributed by atoms with Crippen LogP contribution in [0.2, 0.25) is 5.02 Å². The first-order valence-corrected chi connectivity index (χ1v) is 7.81. The van der Waals surface area contributed by atoms with Crippen LogP contribution in [0.4, 0.5) is 10.5 Å². The number of carbonyl (C=O) groups excluding carboxylic acids is 1. The molecule has 7 heteroatoms. The van der Waals surface area contributed by atoms with Crippen LogP contribution in [0.5, 0.6) is 0 Å². The van der Waals surface area contributed by atoms with Crippen molar-refractivity contribution in [2.24, 2.45) is 0 Å². The molecule has 1 heterocycles. The lowest BCUT2D eigenvalue weighted by Gasteiger charge is -2.17. The van der Waals surface area contributed by atoms with E-state index in [1.54, 1.807) is 24.3 Å². The summed E-state index contributed by atoms with van der Waals surface area (Å²) in [5.74, 6) is 0. The summed E-state index contributed by atoms with van der Waals surface area (Å²) in [4.78, 5) is 12.2. The highest BCUT2D eigenvalue weighted by Gasteiger charge is 2.17. The van der Waals surface area contributed by atoms with Crippen LogP contribution in [-0.4, -0.2) is 27.5 Å². The second-order valence-corrected chi connectivity index (χ2v) is 5.68.